The van der Waals surface area contributed by atoms with Crippen LogP contribution < -0.4 is 24.8 Å². The van der Waals surface area contributed by atoms with Crippen LogP contribution in [0, 0.1) is 0 Å². The molecule has 0 unspecified atom stereocenters. The molecule has 7 nitrogen and oxygen atoms in total. The van der Waals surface area contributed by atoms with Crippen molar-refractivity contribution < 1.29 is 27.8 Å². The molecule has 190 valence electrons. The molecule has 0 radical (unpaired) electrons. The maximum absolute atomic E-state index is 13.2. The number of hydrogen-bond donors (Lipinski definition) is 1. The van der Waals surface area contributed by atoms with E-state index in [1.165, 1.54) is 29.2 Å². The number of benzene rings is 1. The fraction of sp³-hybridized carbons (Fsp3) is 0.480. The van der Waals surface area contributed by atoms with Crippen molar-refractivity contribution in [3.05, 3.63) is 49.4 Å². The lowest BCUT2D eigenvalue weighted by molar-refractivity contribution is -0.135. The highest BCUT2D eigenvalue weighted by Gasteiger charge is 2.17. The summed E-state index contributed by atoms with van der Waals surface area (Å²) in [5, 5.41) is 3.02. The van der Waals surface area contributed by atoms with E-state index in [2.05, 4.69) is 10.1 Å². The molecule has 0 saturated heterocycles. The van der Waals surface area contributed by atoms with Crippen LogP contribution in [0.25, 0.3) is 12.2 Å². The number of amides is 1. The van der Waals surface area contributed by atoms with Crippen LogP contribution in [0.3, 0.4) is 0 Å². The fourth-order valence-electron chi connectivity index (χ4n) is 4.04. The Kier molecular flexibility index (Phi) is 10.0. The number of hydrogen-bond acceptors (Lipinski definition) is 6. The van der Waals surface area contributed by atoms with Crippen LogP contribution in [-0.2, 0) is 20.9 Å². The highest BCUT2D eigenvalue weighted by atomic mass is 32.1. The van der Waals surface area contributed by atoms with E-state index in [1.807, 2.05) is 0 Å². The Bertz CT molecular complexity index is 1180. The summed E-state index contributed by atoms with van der Waals surface area (Å²) in [6.45, 7) is -1.46. The Morgan fingerprint density at radius 1 is 1.17 bits per heavy atom. The second-order valence-electron chi connectivity index (χ2n) is 8.26. The van der Waals surface area contributed by atoms with Gasteiger partial charge >= 0.3 is 12.6 Å². The number of aromatic nitrogens is 1. The zero-order valence-corrected chi connectivity index (χ0v) is 20.5. The molecule has 10 heteroatoms. The number of esters is 1. The maximum Gasteiger partial charge on any atom is 0.387 e. The zero-order chi connectivity index (χ0) is 25.2. The number of nitrogens with one attached hydrogen (secondary N) is 1. The normalized spacial score (nSPS) is 16.1. The number of para-hydroxylation sites is 1. The molecule has 1 N–H and O–H groups in total. The third-order valence-corrected chi connectivity index (χ3v) is 6.72. The summed E-state index contributed by atoms with van der Waals surface area (Å²) in [7, 11) is 0. The van der Waals surface area contributed by atoms with Gasteiger partial charge < -0.3 is 14.8 Å². The minimum absolute atomic E-state index is 0.0547. The molecule has 1 amide bonds. The molecule has 1 heterocycles. The van der Waals surface area contributed by atoms with E-state index < -0.39 is 18.1 Å². The van der Waals surface area contributed by atoms with Gasteiger partial charge in [-0.25, -0.2) is 4.79 Å². The second kappa shape index (κ2) is 13.2. The first-order chi connectivity index (χ1) is 16.9. The number of rotatable bonds is 8. The van der Waals surface area contributed by atoms with Crippen LogP contribution in [0.4, 0.5) is 8.78 Å². The Balaban J connectivity index is 1.95. The molecule has 3 rings (SSSR count). The monoisotopic (exact) mass is 508 g/mol. The molecule has 1 aliphatic carbocycles. The molecular formula is C25H30F2N2O5S. The first-order valence-corrected chi connectivity index (χ1v) is 12.6. The summed E-state index contributed by atoms with van der Waals surface area (Å²) in [5.74, 6) is -1.04. The molecule has 1 saturated carbocycles. The Morgan fingerprint density at radius 3 is 2.54 bits per heavy atom. The average molecular weight is 509 g/mol. The summed E-state index contributed by atoms with van der Waals surface area (Å²) in [6, 6.07) is 6.14. The van der Waals surface area contributed by atoms with Crippen molar-refractivity contribution in [2.45, 2.75) is 71.1 Å². The largest absolute Gasteiger partial charge is 0.463 e. The molecule has 1 aromatic heterocycles. The van der Waals surface area contributed by atoms with Gasteiger partial charge in [-0.15, -0.1) is 11.3 Å². The molecule has 1 aliphatic rings. The number of alkyl halides is 2. The molecule has 0 spiro atoms. The van der Waals surface area contributed by atoms with Crippen LogP contribution in [0.5, 0.6) is 5.75 Å². The van der Waals surface area contributed by atoms with E-state index in [0.29, 0.717) is 0 Å². The summed E-state index contributed by atoms with van der Waals surface area (Å²) >= 11 is 0.972. The summed E-state index contributed by atoms with van der Waals surface area (Å²) in [4.78, 5) is 38.1. The number of carbonyl (C=O) groups excluding carboxylic acids is 2. The highest BCUT2D eigenvalue weighted by Crippen LogP contribution is 2.20. The first kappa shape index (κ1) is 26.6. The van der Waals surface area contributed by atoms with Crippen LogP contribution in [0.1, 0.15) is 57.4 Å². The number of ether oxygens (including phenoxy) is 2. The predicted molar refractivity (Wildman–Crippen MR) is 130 cm³/mol. The third-order valence-electron chi connectivity index (χ3n) is 5.66. The highest BCUT2D eigenvalue weighted by molar-refractivity contribution is 7.07. The molecule has 2 aromatic rings. The van der Waals surface area contributed by atoms with Crippen molar-refractivity contribution in [3.63, 3.8) is 0 Å². The summed E-state index contributed by atoms with van der Waals surface area (Å²) in [5.41, 5.74) is -0.231. The minimum Gasteiger partial charge on any atom is -0.463 e. The van der Waals surface area contributed by atoms with Crippen molar-refractivity contribution in [1.82, 2.24) is 9.88 Å². The van der Waals surface area contributed by atoms with Gasteiger partial charge in [-0.3, -0.25) is 14.2 Å². The van der Waals surface area contributed by atoms with Crippen molar-refractivity contribution in [2.24, 2.45) is 0 Å². The SMILES string of the molecule is CCOC(=O)C=c1sc(=Cc2ccccc2OC(F)F)c(=O)n1CC(=O)NC1CCCCCCC1. The van der Waals surface area contributed by atoms with E-state index in [4.69, 9.17) is 4.74 Å². The van der Waals surface area contributed by atoms with Gasteiger partial charge in [0.05, 0.1) is 17.2 Å². The average Bonchev–Trinajstić information content (AvgIpc) is 3.05. The smallest absolute Gasteiger partial charge is 0.387 e. The minimum atomic E-state index is -3.02. The van der Waals surface area contributed by atoms with Crippen molar-refractivity contribution in [2.75, 3.05) is 6.61 Å². The Morgan fingerprint density at radius 2 is 1.86 bits per heavy atom. The fourth-order valence-corrected chi connectivity index (χ4v) is 5.06. The van der Waals surface area contributed by atoms with Gasteiger partial charge in [-0.05, 0) is 31.9 Å². The van der Waals surface area contributed by atoms with Crippen molar-refractivity contribution in [3.8, 4) is 5.75 Å². The number of nitrogens with zero attached hydrogens (tertiary/aromatic N) is 1. The van der Waals surface area contributed by atoms with Gasteiger partial charge in [0.1, 0.15) is 17.0 Å². The molecule has 1 fully saturated rings. The zero-order valence-electron chi connectivity index (χ0n) is 19.6. The van der Waals surface area contributed by atoms with Gasteiger partial charge in [-0.1, -0.05) is 50.3 Å². The van der Waals surface area contributed by atoms with Crippen LogP contribution in [-0.4, -0.2) is 35.7 Å². The summed E-state index contributed by atoms with van der Waals surface area (Å²) < 4.78 is 36.7. The lowest BCUT2D eigenvalue weighted by atomic mass is 9.97. The predicted octanol–water partition coefficient (Wildman–Crippen LogP) is 2.91. The maximum atomic E-state index is 13.2. The number of carbonyl (C=O) groups is 2. The quantitative estimate of drug-likeness (QED) is 0.555. The van der Waals surface area contributed by atoms with Gasteiger partial charge in [0.15, 0.2) is 0 Å². The van der Waals surface area contributed by atoms with Gasteiger partial charge in [0.25, 0.3) is 5.56 Å². The van der Waals surface area contributed by atoms with Crippen LogP contribution in [0.2, 0.25) is 0 Å². The molecule has 0 atom stereocenters. The third kappa shape index (κ3) is 8.02. The first-order valence-electron chi connectivity index (χ1n) is 11.8. The lowest BCUT2D eigenvalue weighted by Gasteiger charge is -2.21. The van der Waals surface area contributed by atoms with E-state index >= 15 is 0 Å². The van der Waals surface area contributed by atoms with Gasteiger partial charge in [0, 0.05) is 11.6 Å². The van der Waals surface area contributed by atoms with Crippen LogP contribution in [0.15, 0.2) is 29.1 Å². The van der Waals surface area contributed by atoms with Gasteiger partial charge in [-0.2, -0.15) is 8.78 Å². The molecule has 35 heavy (non-hydrogen) atoms. The van der Waals surface area contributed by atoms with Gasteiger partial charge in [0.2, 0.25) is 5.91 Å². The van der Waals surface area contributed by atoms with Crippen molar-refractivity contribution >= 4 is 35.4 Å². The molecule has 0 aliphatic heterocycles. The second-order valence-corrected chi connectivity index (χ2v) is 9.32. The topological polar surface area (TPSA) is 86.6 Å². The lowest BCUT2D eigenvalue weighted by Crippen LogP contribution is -2.42. The number of halogens is 2. The van der Waals surface area contributed by atoms with Crippen LogP contribution >= 0.6 is 11.3 Å². The van der Waals surface area contributed by atoms with E-state index in [9.17, 15) is 23.2 Å². The van der Waals surface area contributed by atoms with E-state index in [1.54, 1.807) is 19.1 Å². The molecule has 1 aromatic carbocycles. The van der Waals surface area contributed by atoms with Crippen molar-refractivity contribution in [1.29, 1.82) is 0 Å². The summed E-state index contributed by atoms with van der Waals surface area (Å²) in [6.07, 6.45) is 9.96. The Labute approximate surface area is 206 Å². The molecular weight excluding hydrogens is 478 g/mol. The number of thiazole rings is 1. The standard InChI is InChI=1S/C25H30F2N2O5S/c1-2-33-23(31)15-22-29(16-21(30)28-18-11-6-4-3-5-7-12-18)24(32)20(35-22)14-17-10-8-9-13-19(17)34-25(26)27/h8-10,13-15,18,25H,2-7,11-12,16H2,1H3,(H,28,30). The Hall–Kier alpha value is -3.01. The van der Waals surface area contributed by atoms with E-state index in [-0.39, 0.29) is 45.6 Å². The van der Waals surface area contributed by atoms with E-state index in [0.717, 1.165) is 55.9 Å². The molecule has 0 bridgehead atoms.